The van der Waals surface area contributed by atoms with Gasteiger partial charge >= 0.3 is 6.09 Å². The molecule has 1 aromatic carbocycles. The van der Waals surface area contributed by atoms with Gasteiger partial charge in [0.05, 0.1) is 12.2 Å². The van der Waals surface area contributed by atoms with Crippen molar-refractivity contribution >= 4 is 12.0 Å². The molecule has 1 rings (SSSR count). The lowest BCUT2D eigenvalue weighted by molar-refractivity contribution is -0.125. The number of hydrogen-bond donors (Lipinski definition) is 3. The molecule has 0 radical (unpaired) electrons. The van der Waals surface area contributed by atoms with Crippen molar-refractivity contribution in [2.45, 2.75) is 39.0 Å². The summed E-state index contributed by atoms with van der Waals surface area (Å²) in [6.07, 6.45) is -0.534. The van der Waals surface area contributed by atoms with Crippen molar-refractivity contribution in [3.63, 3.8) is 0 Å². The van der Waals surface area contributed by atoms with E-state index < -0.39 is 12.1 Å². The van der Waals surface area contributed by atoms with Crippen molar-refractivity contribution in [1.82, 2.24) is 10.6 Å². The molecule has 7 nitrogen and oxygen atoms in total. The molecule has 0 aliphatic carbocycles. The molecule has 0 aromatic heterocycles. The van der Waals surface area contributed by atoms with Crippen LogP contribution in [-0.4, -0.2) is 43.3 Å². The minimum Gasteiger partial charge on any atom is -0.445 e. The lowest BCUT2D eigenvalue weighted by Gasteiger charge is -2.22. The van der Waals surface area contributed by atoms with Crippen LogP contribution in [0.1, 0.15) is 26.3 Å². The first kappa shape index (κ1) is 19.9. The number of alkyl carbamates (subject to hydrolysis) is 1. The first-order valence-electron chi connectivity index (χ1n) is 7.90. The number of rotatable bonds is 8. The van der Waals surface area contributed by atoms with Crippen molar-refractivity contribution < 1.29 is 19.1 Å². The second-order valence-corrected chi connectivity index (χ2v) is 6.31. The number of benzene rings is 1. The van der Waals surface area contributed by atoms with E-state index in [1.165, 1.54) is 0 Å². The summed E-state index contributed by atoms with van der Waals surface area (Å²) in [6.45, 7) is 6.54. The first-order valence-corrected chi connectivity index (χ1v) is 7.90. The molecule has 0 saturated carbocycles. The van der Waals surface area contributed by atoms with Crippen molar-refractivity contribution in [3.8, 4) is 0 Å². The minimum absolute atomic E-state index is 0.141. The number of ether oxygens (including phenoxy) is 2. The smallest absolute Gasteiger partial charge is 0.407 e. The molecule has 0 spiro atoms. The van der Waals surface area contributed by atoms with Gasteiger partial charge < -0.3 is 25.8 Å². The van der Waals surface area contributed by atoms with Gasteiger partial charge in [-0.15, -0.1) is 0 Å². The Morgan fingerprint density at radius 2 is 1.75 bits per heavy atom. The second kappa shape index (κ2) is 9.89. The van der Waals surface area contributed by atoms with Crippen LogP contribution in [0.2, 0.25) is 0 Å². The summed E-state index contributed by atoms with van der Waals surface area (Å²) >= 11 is 0. The Balaban J connectivity index is 2.11. The molecular formula is C17H27N3O4. The summed E-state index contributed by atoms with van der Waals surface area (Å²) in [5, 5.41) is 5.19. The van der Waals surface area contributed by atoms with Crippen molar-refractivity contribution in [1.29, 1.82) is 0 Å². The van der Waals surface area contributed by atoms with Gasteiger partial charge in [0.2, 0.25) is 5.91 Å². The van der Waals surface area contributed by atoms with E-state index in [0.717, 1.165) is 5.56 Å². The number of hydrogen-bond acceptors (Lipinski definition) is 5. The van der Waals surface area contributed by atoms with Crippen molar-refractivity contribution in [2.24, 2.45) is 5.73 Å². The summed E-state index contributed by atoms with van der Waals surface area (Å²) in [7, 11) is 0. The quantitative estimate of drug-likeness (QED) is 0.618. The Hall–Kier alpha value is -2.12. The number of amides is 2. The highest BCUT2D eigenvalue weighted by molar-refractivity contribution is 5.81. The Kier molecular flexibility index (Phi) is 8.21. The second-order valence-electron chi connectivity index (χ2n) is 6.31. The van der Waals surface area contributed by atoms with Crippen LogP contribution in [0, 0.1) is 0 Å². The van der Waals surface area contributed by atoms with E-state index in [1.807, 2.05) is 51.1 Å². The molecule has 2 amide bonds. The summed E-state index contributed by atoms with van der Waals surface area (Å²) in [5.41, 5.74) is 6.29. The van der Waals surface area contributed by atoms with Crippen LogP contribution >= 0.6 is 0 Å². The van der Waals surface area contributed by atoms with Gasteiger partial charge in [-0.3, -0.25) is 4.79 Å². The number of nitrogens with one attached hydrogen (secondary N) is 2. The van der Waals surface area contributed by atoms with Crippen LogP contribution in [-0.2, 0) is 20.9 Å². The average Bonchev–Trinajstić information content (AvgIpc) is 2.54. The standard InChI is InChI=1S/C17H27N3O4/c1-17(2,3)24-12-14(18)15(21)19-9-10-20-16(22)23-11-13-7-5-4-6-8-13/h4-8,14H,9-12,18H2,1-3H3,(H,19,21)(H,20,22). The van der Waals surface area contributed by atoms with Crippen LogP contribution in [0.4, 0.5) is 4.79 Å². The molecule has 0 bridgehead atoms. The maximum Gasteiger partial charge on any atom is 0.407 e. The van der Waals surface area contributed by atoms with E-state index in [0.29, 0.717) is 0 Å². The van der Waals surface area contributed by atoms with Gasteiger partial charge in [-0.05, 0) is 26.3 Å². The van der Waals surface area contributed by atoms with E-state index in [4.69, 9.17) is 15.2 Å². The van der Waals surface area contributed by atoms with Gasteiger partial charge in [0.1, 0.15) is 12.6 Å². The largest absolute Gasteiger partial charge is 0.445 e. The molecule has 0 heterocycles. The maximum atomic E-state index is 11.8. The number of carbonyl (C=O) groups is 2. The third kappa shape index (κ3) is 9.12. The number of carbonyl (C=O) groups excluding carboxylic acids is 2. The SMILES string of the molecule is CC(C)(C)OCC(N)C(=O)NCCNC(=O)OCc1ccccc1. The molecule has 1 unspecified atom stereocenters. The highest BCUT2D eigenvalue weighted by Crippen LogP contribution is 2.06. The molecule has 24 heavy (non-hydrogen) atoms. The molecule has 4 N–H and O–H groups in total. The van der Waals surface area contributed by atoms with E-state index in [2.05, 4.69) is 10.6 Å². The lowest BCUT2D eigenvalue weighted by Crippen LogP contribution is -2.47. The molecule has 0 aliphatic heterocycles. The summed E-state index contributed by atoms with van der Waals surface area (Å²) in [6, 6.07) is 8.64. The van der Waals surface area contributed by atoms with Crippen LogP contribution in [0.3, 0.4) is 0 Å². The summed E-state index contributed by atoms with van der Waals surface area (Å²) in [5.74, 6) is -0.321. The van der Waals surface area contributed by atoms with E-state index in [-0.39, 0.29) is 37.8 Å². The predicted octanol–water partition coefficient (Wildman–Crippen LogP) is 1.17. The molecule has 0 saturated heterocycles. The number of nitrogens with two attached hydrogens (primary N) is 1. The lowest BCUT2D eigenvalue weighted by atomic mass is 10.2. The highest BCUT2D eigenvalue weighted by Gasteiger charge is 2.17. The molecule has 1 atom stereocenters. The van der Waals surface area contributed by atoms with Gasteiger partial charge in [-0.25, -0.2) is 4.79 Å². The monoisotopic (exact) mass is 337 g/mol. The fourth-order valence-corrected chi connectivity index (χ4v) is 1.67. The normalized spacial score (nSPS) is 12.3. The molecular weight excluding hydrogens is 310 g/mol. The topological polar surface area (TPSA) is 103 Å². The molecule has 0 fully saturated rings. The van der Waals surface area contributed by atoms with Crippen LogP contribution < -0.4 is 16.4 Å². The Morgan fingerprint density at radius 3 is 2.38 bits per heavy atom. The fourth-order valence-electron chi connectivity index (χ4n) is 1.67. The zero-order valence-electron chi connectivity index (χ0n) is 14.5. The van der Waals surface area contributed by atoms with Gasteiger partial charge in [-0.2, -0.15) is 0 Å². The van der Waals surface area contributed by atoms with Gasteiger partial charge in [0, 0.05) is 13.1 Å². The van der Waals surface area contributed by atoms with Crippen molar-refractivity contribution in [3.05, 3.63) is 35.9 Å². The Morgan fingerprint density at radius 1 is 1.12 bits per heavy atom. The molecule has 1 aromatic rings. The highest BCUT2D eigenvalue weighted by atomic mass is 16.5. The Labute approximate surface area is 142 Å². The van der Waals surface area contributed by atoms with Crippen LogP contribution in [0.5, 0.6) is 0 Å². The van der Waals surface area contributed by atoms with Gasteiger partial charge in [0.15, 0.2) is 0 Å². The fraction of sp³-hybridized carbons (Fsp3) is 0.529. The zero-order valence-corrected chi connectivity index (χ0v) is 14.5. The third-order valence-electron chi connectivity index (χ3n) is 2.94. The summed E-state index contributed by atoms with van der Waals surface area (Å²) in [4.78, 5) is 23.3. The van der Waals surface area contributed by atoms with Crippen LogP contribution in [0.15, 0.2) is 30.3 Å². The molecule has 0 aliphatic rings. The van der Waals surface area contributed by atoms with E-state index in [9.17, 15) is 9.59 Å². The molecule has 134 valence electrons. The van der Waals surface area contributed by atoms with Gasteiger partial charge in [-0.1, -0.05) is 30.3 Å². The van der Waals surface area contributed by atoms with Gasteiger partial charge in [0.25, 0.3) is 0 Å². The van der Waals surface area contributed by atoms with E-state index >= 15 is 0 Å². The van der Waals surface area contributed by atoms with E-state index in [1.54, 1.807) is 0 Å². The van der Waals surface area contributed by atoms with Crippen LogP contribution in [0.25, 0.3) is 0 Å². The predicted molar refractivity (Wildman–Crippen MR) is 91.3 cm³/mol. The minimum atomic E-state index is -0.741. The van der Waals surface area contributed by atoms with Crippen molar-refractivity contribution in [2.75, 3.05) is 19.7 Å². The average molecular weight is 337 g/mol. The first-order chi connectivity index (χ1) is 11.3. The zero-order chi connectivity index (χ0) is 18.0. The summed E-state index contributed by atoms with van der Waals surface area (Å²) < 4.78 is 10.5. The molecule has 7 heteroatoms. The Bertz CT molecular complexity index is 514. The third-order valence-corrected chi connectivity index (χ3v) is 2.94. The maximum absolute atomic E-state index is 11.8.